The van der Waals surface area contributed by atoms with Gasteiger partial charge >= 0.3 is 0 Å². The average molecular weight is 284 g/mol. The van der Waals surface area contributed by atoms with Crippen molar-refractivity contribution in [2.45, 2.75) is 18.9 Å². The normalized spacial score (nSPS) is 17.8. The second-order valence-corrected chi connectivity index (χ2v) is 5.35. The first-order valence-corrected chi connectivity index (χ1v) is 7.42. The number of carbonyl (C=O) groups excluding carboxylic acids is 1. The van der Waals surface area contributed by atoms with Crippen molar-refractivity contribution in [1.29, 1.82) is 0 Å². The molecule has 0 bridgehead atoms. The van der Waals surface area contributed by atoms with Crippen LogP contribution in [0, 0.1) is 0 Å². The van der Waals surface area contributed by atoms with E-state index in [1.807, 2.05) is 18.2 Å². The number of benzene rings is 2. The molecule has 21 heavy (non-hydrogen) atoms. The van der Waals surface area contributed by atoms with Crippen LogP contribution in [0.3, 0.4) is 0 Å². The van der Waals surface area contributed by atoms with Crippen molar-refractivity contribution in [1.82, 2.24) is 5.32 Å². The van der Waals surface area contributed by atoms with Crippen LogP contribution in [-0.2, 0) is 9.53 Å². The van der Waals surface area contributed by atoms with Crippen molar-refractivity contribution in [2.75, 3.05) is 25.0 Å². The van der Waals surface area contributed by atoms with Crippen molar-refractivity contribution >= 4 is 22.4 Å². The van der Waals surface area contributed by atoms with Gasteiger partial charge in [0, 0.05) is 18.8 Å². The zero-order chi connectivity index (χ0) is 14.5. The van der Waals surface area contributed by atoms with Gasteiger partial charge in [-0.3, -0.25) is 4.79 Å². The Morgan fingerprint density at radius 1 is 1.19 bits per heavy atom. The average Bonchev–Trinajstić information content (AvgIpc) is 3.04. The first-order valence-electron chi connectivity index (χ1n) is 7.42. The predicted octanol–water partition coefficient (Wildman–Crippen LogP) is 2.55. The van der Waals surface area contributed by atoms with Gasteiger partial charge in [0.05, 0.1) is 12.6 Å². The highest BCUT2D eigenvalue weighted by Gasteiger charge is 2.15. The second kappa shape index (κ2) is 6.59. The van der Waals surface area contributed by atoms with E-state index in [0.29, 0.717) is 6.54 Å². The molecule has 1 amide bonds. The van der Waals surface area contributed by atoms with Crippen molar-refractivity contribution in [3.05, 3.63) is 42.5 Å². The van der Waals surface area contributed by atoms with Crippen LogP contribution in [0.25, 0.3) is 10.8 Å². The number of fused-ring (bicyclic) bond motifs is 1. The Labute approximate surface area is 124 Å². The SMILES string of the molecule is O=C(CNc1ccc2ccccc2c1)NCC1CCCO1. The standard InChI is InChI=1S/C17H20N2O2/c20-17(19-11-16-6-3-9-21-16)12-18-15-8-7-13-4-1-2-5-14(13)10-15/h1-2,4-5,7-8,10,16,18H,3,6,9,11-12H2,(H,19,20). The van der Waals surface area contributed by atoms with Crippen LogP contribution in [0.5, 0.6) is 0 Å². The molecule has 4 heteroatoms. The van der Waals surface area contributed by atoms with E-state index >= 15 is 0 Å². The van der Waals surface area contributed by atoms with Crippen LogP contribution in [0.15, 0.2) is 42.5 Å². The lowest BCUT2D eigenvalue weighted by Crippen LogP contribution is -2.35. The van der Waals surface area contributed by atoms with Crippen LogP contribution in [0.4, 0.5) is 5.69 Å². The number of hydrogen-bond acceptors (Lipinski definition) is 3. The Morgan fingerprint density at radius 3 is 2.86 bits per heavy atom. The third kappa shape index (κ3) is 3.73. The molecule has 2 N–H and O–H groups in total. The molecule has 1 aliphatic heterocycles. The molecule has 1 saturated heterocycles. The number of carbonyl (C=O) groups is 1. The minimum absolute atomic E-state index is 0.00124. The number of hydrogen-bond donors (Lipinski definition) is 2. The molecule has 0 radical (unpaired) electrons. The summed E-state index contributed by atoms with van der Waals surface area (Å²) in [7, 11) is 0. The van der Waals surface area contributed by atoms with Crippen molar-refractivity contribution < 1.29 is 9.53 Å². The lowest BCUT2D eigenvalue weighted by Gasteiger charge is -2.12. The lowest BCUT2D eigenvalue weighted by atomic mass is 10.1. The number of anilines is 1. The Balaban J connectivity index is 1.49. The van der Waals surface area contributed by atoms with E-state index in [0.717, 1.165) is 25.1 Å². The zero-order valence-corrected chi connectivity index (χ0v) is 12.0. The van der Waals surface area contributed by atoms with Gasteiger partial charge in [-0.15, -0.1) is 0 Å². The van der Waals surface area contributed by atoms with E-state index in [2.05, 4.69) is 34.9 Å². The van der Waals surface area contributed by atoms with Crippen molar-refractivity contribution in [3.63, 3.8) is 0 Å². The number of nitrogens with one attached hydrogen (secondary N) is 2. The monoisotopic (exact) mass is 284 g/mol. The van der Waals surface area contributed by atoms with E-state index in [9.17, 15) is 4.79 Å². The maximum atomic E-state index is 11.8. The van der Waals surface area contributed by atoms with Crippen molar-refractivity contribution in [2.24, 2.45) is 0 Å². The molecule has 2 aromatic rings. The molecule has 3 rings (SSSR count). The molecule has 1 fully saturated rings. The summed E-state index contributed by atoms with van der Waals surface area (Å²) >= 11 is 0. The zero-order valence-electron chi connectivity index (χ0n) is 12.0. The van der Waals surface area contributed by atoms with Gasteiger partial charge in [-0.2, -0.15) is 0 Å². The van der Waals surface area contributed by atoms with Crippen LogP contribution in [-0.4, -0.2) is 31.7 Å². The van der Waals surface area contributed by atoms with Gasteiger partial charge in [0.15, 0.2) is 0 Å². The van der Waals surface area contributed by atoms with Gasteiger partial charge < -0.3 is 15.4 Å². The number of ether oxygens (including phenoxy) is 1. The van der Waals surface area contributed by atoms with Gasteiger partial charge in [-0.05, 0) is 35.7 Å². The quantitative estimate of drug-likeness (QED) is 0.887. The molecule has 4 nitrogen and oxygen atoms in total. The molecule has 110 valence electrons. The summed E-state index contributed by atoms with van der Waals surface area (Å²) in [6.45, 7) is 1.71. The summed E-state index contributed by atoms with van der Waals surface area (Å²) in [5, 5.41) is 8.43. The van der Waals surface area contributed by atoms with E-state index in [1.54, 1.807) is 0 Å². The van der Waals surface area contributed by atoms with Gasteiger partial charge in [0.2, 0.25) is 5.91 Å². The van der Waals surface area contributed by atoms with Crippen LogP contribution >= 0.6 is 0 Å². The predicted molar refractivity (Wildman–Crippen MR) is 84.4 cm³/mol. The maximum absolute atomic E-state index is 11.8. The summed E-state index contributed by atoms with van der Waals surface area (Å²) in [5.74, 6) is -0.00124. The van der Waals surface area contributed by atoms with Gasteiger partial charge in [-0.25, -0.2) is 0 Å². The van der Waals surface area contributed by atoms with E-state index < -0.39 is 0 Å². The van der Waals surface area contributed by atoms with Gasteiger partial charge in [0.1, 0.15) is 0 Å². The summed E-state index contributed by atoms with van der Waals surface area (Å²) in [4.78, 5) is 11.8. The molecule has 1 atom stereocenters. The largest absolute Gasteiger partial charge is 0.376 e. The van der Waals surface area contributed by atoms with Crippen LogP contribution in [0.1, 0.15) is 12.8 Å². The van der Waals surface area contributed by atoms with E-state index in [1.165, 1.54) is 10.8 Å². The van der Waals surface area contributed by atoms with Crippen LogP contribution < -0.4 is 10.6 Å². The molecule has 2 aromatic carbocycles. The fourth-order valence-corrected chi connectivity index (χ4v) is 2.58. The molecule has 0 aromatic heterocycles. The summed E-state index contributed by atoms with van der Waals surface area (Å²) in [6, 6.07) is 14.3. The highest BCUT2D eigenvalue weighted by Crippen LogP contribution is 2.18. The smallest absolute Gasteiger partial charge is 0.239 e. The second-order valence-electron chi connectivity index (χ2n) is 5.35. The number of rotatable bonds is 5. The molecular formula is C17H20N2O2. The third-order valence-electron chi connectivity index (χ3n) is 3.75. The molecule has 1 unspecified atom stereocenters. The Bertz CT molecular complexity index is 621. The van der Waals surface area contributed by atoms with Gasteiger partial charge in [-0.1, -0.05) is 30.3 Å². The van der Waals surface area contributed by atoms with E-state index in [4.69, 9.17) is 4.74 Å². The molecule has 0 saturated carbocycles. The van der Waals surface area contributed by atoms with Crippen LogP contribution in [0.2, 0.25) is 0 Å². The molecule has 0 aliphatic carbocycles. The first-order chi connectivity index (χ1) is 10.3. The molecule has 1 heterocycles. The lowest BCUT2D eigenvalue weighted by molar-refractivity contribution is -0.119. The summed E-state index contributed by atoms with van der Waals surface area (Å²) in [5.41, 5.74) is 0.959. The topological polar surface area (TPSA) is 50.4 Å². The van der Waals surface area contributed by atoms with Gasteiger partial charge in [0.25, 0.3) is 0 Å². The fourth-order valence-electron chi connectivity index (χ4n) is 2.58. The molecule has 1 aliphatic rings. The highest BCUT2D eigenvalue weighted by atomic mass is 16.5. The molecule has 0 spiro atoms. The summed E-state index contributed by atoms with van der Waals surface area (Å²) < 4.78 is 5.48. The minimum Gasteiger partial charge on any atom is -0.376 e. The molecular weight excluding hydrogens is 264 g/mol. The minimum atomic E-state index is -0.00124. The van der Waals surface area contributed by atoms with Crippen molar-refractivity contribution in [3.8, 4) is 0 Å². The fraction of sp³-hybridized carbons (Fsp3) is 0.353. The third-order valence-corrected chi connectivity index (χ3v) is 3.75. The first kappa shape index (κ1) is 13.9. The van der Waals surface area contributed by atoms with E-state index in [-0.39, 0.29) is 18.6 Å². The number of amides is 1. The Kier molecular flexibility index (Phi) is 4.36. The summed E-state index contributed by atoms with van der Waals surface area (Å²) in [6.07, 6.45) is 2.32. The highest BCUT2D eigenvalue weighted by molar-refractivity contribution is 5.87. The Morgan fingerprint density at radius 2 is 2.05 bits per heavy atom. The maximum Gasteiger partial charge on any atom is 0.239 e. The Hall–Kier alpha value is -2.07.